The van der Waals surface area contributed by atoms with Crippen molar-refractivity contribution >= 4 is 5.71 Å². The van der Waals surface area contributed by atoms with Crippen LogP contribution in [0.15, 0.2) is 33.6 Å². The van der Waals surface area contributed by atoms with Gasteiger partial charge < -0.3 is 4.90 Å². The van der Waals surface area contributed by atoms with Crippen LogP contribution in [0.25, 0.3) is 0 Å². The van der Waals surface area contributed by atoms with Crippen molar-refractivity contribution in [3.05, 3.63) is 33.6 Å². The predicted molar refractivity (Wildman–Crippen MR) is 82.5 cm³/mol. The fourth-order valence-electron chi connectivity index (χ4n) is 3.15. The zero-order valence-corrected chi connectivity index (χ0v) is 13.9. The lowest BCUT2D eigenvalue weighted by molar-refractivity contribution is -0.588. The number of nitrogens with zero attached hydrogens (tertiary/aromatic N) is 2. The van der Waals surface area contributed by atoms with Crippen LogP contribution in [0.5, 0.6) is 0 Å². The first-order valence-corrected chi connectivity index (χ1v) is 7.04. The lowest BCUT2D eigenvalue weighted by atomic mass is 9.98. The maximum absolute atomic E-state index is 2.41. The molecule has 0 radical (unpaired) electrons. The van der Waals surface area contributed by atoms with E-state index in [4.69, 9.17) is 0 Å². The second kappa shape index (κ2) is 4.09. The highest BCUT2D eigenvalue weighted by Crippen LogP contribution is 2.38. The van der Waals surface area contributed by atoms with Crippen molar-refractivity contribution in [3.8, 4) is 0 Å². The van der Waals surface area contributed by atoms with E-state index in [9.17, 15) is 0 Å². The zero-order chi connectivity index (χ0) is 14.7. The van der Waals surface area contributed by atoms with Crippen molar-refractivity contribution in [1.29, 1.82) is 0 Å². The maximum Gasteiger partial charge on any atom is 0.232 e. The molecule has 1 aliphatic heterocycles. The lowest BCUT2D eigenvalue weighted by Crippen LogP contribution is -2.42. The minimum Gasteiger partial charge on any atom is -0.310 e. The smallest absolute Gasteiger partial charge is 0.232 e. The third kappa shape index (κ3) is 1.65. The molecule has 0 saturated heterocycles. The largest absolute Gasteiger partial charge is 0.310 e. The number of hydrogen-bond acceptors (Lipinski definition) is 1. The second-order valence-corrected chi connectivity index (χ2v) is 6.43. The van der Waals surface area contributed by atoms with Gasteiger partial charge in [-0.15, -0.1) is 0 Å². The molecule has 0 saturated carbocycles. The molecule has 19 heavy (non-hydrogen) atoms. The van der Waals surface area contributed by atoms with Crippen molar-refractivity contribution in [2.75, 3.05) is 14.1 Å². The van der Waals surface area contributed by atoms with E-state index < -0.39 is 0 Å². The van der Waals surface area contributed by atoms with E-state index in [0.29, 0.717) is 0 Å². The fraction of sp³-hybridized carbons (Fsp3) is 0.588. The van der Waals surface area contributed by atoms with Crippen LogP contribution >= 0.6 is 0 Å². The van der Waals surface area contributed by atoms with Gasteiger partial charge in [0.25, 0.3) is 0 Å². The molecule has 0 N–H and O–H groups in total. The third-order valence-electron chi connectivity index (χ3n) is 5.50. The summed E-state index contributed by atoms with van der Waals surface area (Å²) in [5.41, 5.74) is 9.87. The second-order valence-electron chi connectivity index (χ2n) is 6.43. The fourth-order valence-corrected chi connectivity index (χ4v) is 3.15. The number of fused-ring (bicyclic) bond motifs is 1. The summed E-state index contributed by atoms with van der Waals surface area (Å²) in [6.07, 6.45) is 0. The monoisotopic (exact) mass is 259 g/mol. The predicted octanol–water partition coefficient (Wildman–Crippen LogP) is 3.71. The Balaban J connectivity index is 2.90. The summed E-state index contributed by atoms with van der Waals surface area (Å²) >= 11 is 0. The van der Waals surface area contributed by atoms with Crippen LogP contribution in [0.1, 0.15) is 48.5 Å². The Kier molecular flexibility index (Phi) is 3.04. The van der Waals surface area contributed by atoms with Crippen LogP contribution in [0.2, 0.25) is 0 Å². The summed E-state index contributed by atoms with van der Waals surface area (Å²) in [6, 6.07) is 0. The van der Waals surface area contributed by atoms with Gasteiger partial charge in [0, 0.05) is 26.5 Å². The summed E-state index contributed by atoms with van der Waals surface area (Å²) in [7, 11) is 4.41. The summed E-state index contributed by atoms with van der Waals surface area (Å²) in [6.45, 7) is 15.8. The van der Waals surface area contributed by atoms with E-state index in [0.717, 1.165) is 0 Å². The molecular weight excluding hydrogens is 232 g/mol. The summed E-state index contributed by atoms with van der Waals surface area (Å²) in [5, 5.41) is 0. The number of hydrogen-bond donors (Lipinski definition) is 0. The van der Waals surface area contributed by atoms with E-state index in [1.54, 1.807) is 0 Å². The Hall–Kier alpha value is -1.31. The van der Waals surface area contributed by atoms with Crippen molar-refractivity contribution in [2.24, 2.45) is 0 Å². The van der Waals surface area contributed by atoms with Gasteiger partial charge in [0.1, 0.15) is 12.7 Å². The molecule has 0 atom stereocenters. The van der Waals surface area contributed by atoms with Gasteiger partial charge in [-0.1, -0.05) is 0 Å². The average Bonchev–Trinajstić information content (AvgIpc) is 2.51. The summed E-state index contributed by atoms with van der Waals surface area (Å²) < 4.78 is 2.41. The molecule has 2 rings (SSSR count). The molecule has 0 unspecified atom stereocenters. The Morgan fingerprint density at radius 1 is 0.789 bits per heavy atom. The Labute approximate surface area is 117 Å². The van der Waals surface area contributed by atoms with Gasteiger partial charge in [0.05, 0.1) is 0 Å². The van der Waals surface area contributed by atoms with Gasteiger partial charge in [-0.3, -0.25) is 0 Å². The first kappa shape index (κ1) is 14.1. The van der Waals surface area contributed by atoms with Gasteiger partial charge in [0.15, 0.2) is 0 Å². The molecule has 0 aromatic rings. The van der Waals surface area contributed by atoms with Crippen LogP contribution in [-0.4, -0.2) is 34.9 Å². The van der Waals surface area contributed by atoms with Gasteiger partial charge in [-0.25, -0.2) is 4.58 Å². The van der Waals surface area contributed by atoms with Crippen LogP contribution < -0.4 is 0 Å². The quantitative estimate of drug-likeness (QED) is 0.601. The van der Waals surface area contributed by atoms with Crippen LogP contribution in [0, 0.1) is 0 Å². The van der Waals surface area contributed by atoms with E-state index in [2.05, 4.69) is 72.0 Å². The average molecular weight is 259 g/mol. The molecule has 1 heterocycles. The molecule has 0 aromatic carbocycles. The number of allylic oxidation sites excluding steroid dienone is 5. The van der Waals surface area contributed by atoms with Crippen molar-refractivity contribution in [3.63, 3.8) is 0 Å². The highest BCUT2D eigenvalue weighted by atomic mass is 15.4. The minimum atomic E-state index is 0.0268. The van der Waals surface area contributed by atoms with Crippen LogP contribution in [0.4, 0.5) is 0 Å². The van der Waals surface area contributed by atoms with Crippen LogP contribution in [0.3, 0.4) is 0 Å². The Bertz CT molecular complexity index is 580. The van der Waals surface area contributed by atoms with Crippen molar-refractivity contribution < 1.29 is 4.58 Å². The zero-order valence-electron chi connectivity index (χ0n) is 13.9. The Morgan fingerprint density at radius 3 is 1.74 bits per heavy atom. The van der Waals surface area contributed by atoms with Gasteiger partial charge in [-0.05, 0) is 56.9 Å². The van der Waals surface area contributed by atoms with Crippen molar-refractivity contribution in [2.45, 2.75) is 54.1 Å². The highest BCUT2D eigenvalue weighted by Gasteiger charge is 2.48. The van der Waals surface area contributed by atoms with E-state index in [1.165, 1.54) is 39.3 Å². The molecule has 1 aliphatic carbocycles. The molecule has 0 fully saturated rings. The molecule has 0 amide bonds. The van der Waals surface area contributed by atoms with E-state index in [1.807, 2.05) is 0 Å². The van der Waals surface area contributed by atoms with E-state index in [-0.39, 0.29) is 5.66 Å². The summed E-state index contributed by atoms with van der Waals surface area (Å²) in [5.74, 6) is 0. The SMILES string of the molecule is CC1=C(C)C(C)=C2C(=[N+](C)C(C)(C)N2C)C(C)=C1C. The van der Waals surface area contributed by atoms with Crippen LogP contribution in [-0.2, 0) is 0 Å². The lowest BCUT2D eigenvalue weighted by Gasteiger charge is -2.26. The molecule has 0 bridgehead atoms. The maximum atomic E-state index is 2.41. The molecular formula is C17H27N2+. The third-order valence-corrected chi connectivity index (χ3v) is 5.50. The van der Waals surface area contributed by atoms with Gasteiger partial charge >= 0.3 is 0 Å². The molecule has 104 valence electrons. The standard InChI is InChI=1S/C17H27N2/c1-10-11(2)13(4)15-16(14(5)12(10)3)19(9)17(6,7)18(15)8/h1-9H3/q+1. The van der Waals surface area contributed by atoms with Gasteiger partial charge in [0.2, 0.25) is 11.4 Å². The molecule has 2 heteroatoms. The first-order valence-electron chi connectivity index (χ1n) is 7.04. The van der Waals surface area contributed by atoms with E-state index >= 15 is 0 Å². The topological polar surface area (TPSA) is 6.25 Å². The molecule has 0 aromatic heterocycles. The minimum absolute atomic E-state index is 0.0268. The Morgan fingerprint density at radius 2 is 1.21 bits per heavy atom. The highest BCUT2D eigenvalue weighted by molar-refractivity contribution is 6.11. The molecule has 2 aliphatic rings. The normalized spacial score (nSPS) is 23.5. The van der Waals surface area contributed by atoms with Gasteiger partial charge in [-0.2, -0.15) is 0 Å². The summed E-state index contributed by atoms with van der Waals surface area (Å²) in [4.78, 5) is 2.41. The molecule has 0 spiro atoms. The number of rotatable bonds is 0. The first-order chi connectivity index (χ1) is 8.62. The molecule has 2 nitrogen and oxygen atoms in total. The van der Waals surface area contributed by atoms with Crippen molar-refractivity contribution in [1.82, 2.24) is 4.90 Å².